The van der Waals surface area contributed by atoms with Crippen LogP contribution in [-0.4, -0.2) is 41.7 Å². The molecule has 6 nitrogen and oxygen atoms in total. The number of methoxy groups -OCH3 is 1. The Bertz CT molecular complexity index is 677. The maximum atomic E-state index is 12.4. The third-order valence-electron chi connectivity index (χ3n) is 2.94. The first-order valence-corrected chi connectivity index (χ1v) is 6.27. The molecule has 0 unspecified atom stereocenters. The predicted octanol–water partition coefficient (Wildman–Crippen LogP) is 1.75. The first kappa shape index (κ1) is 14.5. The van der Waals surface area contributed by atoms with Gasteiger partial charge in [-0.05, 0) is 12.1 Å². The van der Waals surface area contributed by atoms with Crippen molar-refractivity contribution in [2.75, 3.05) is 20.7 Å². The zero-order chi connectivity index (χ0) is 15.2. The molecule has 2 aromatic rings. The average Bonchev–Trinajstić information content (AvgIpc) is 2.54. The molecule has 0 bridgehead atoms. The normalized spacial score (nSPS) is 9.76. The second kappa shape index (κ2) is 6.48. The lowest BCUT2D eigenvalue weighted by atomic mass is 10.0. The van der Waals surface area contributed by atoms with Crippen LogP contribution in [0, 0.1) is 11.3 Å². The molecular weight excluding hydrogens is 268 g/mol. The van der Waals surface area contributed by atoms with Crippen LogP contribution in [0.25, 0.3) is 11.3 Å². The Morgan fingerprint density at radius 3 is 2.67 bits per heavy atom. The van der Waals surface area contributed by atoms with Crippen LogP contribution in [0.2, 0.25) is 0 Å². The maximum absolute atomic E-state index is 12.4. The topological polar surface area (TPSA) is 79.1 Å². The molecule has 0 aliphatic heterocycles. The maximum Gasteiger partial charge on any atom is 0.255 e. The average molecular weight is 282 g/mol. The summed E-state index contributed by atoms with van der Waals surface area (Å²) in [5, 5.41) is 16.7. The first-order valence-electron chi connectivity index (χ1n) is 6.27. The summed E-state index contributed by atoms with van der Waals surface area (Å²) in [6.45, 7) is 0.0292. The summed E-state index contributed by atoms with van der Waals surface area (Å²) in [6, 6.07) is 12.5. The van der Waals surface area contributed by atoms with Gasteiger partial charge < -0.3 is 9.64 Å². The van der Waals surface area contributed by atoms with E-state index < -0.39 is 0 Å². The lowest BCUT2D eigenvalue weighted by molar-refractivity contribution is 0.0812. The van der Waals surface area contributed by atoms with Gasteiger partial charge in [0, 0.05) is 24.2 Å². The summed E-state index contributed by atoms with van der Waals surface area (Å²) in [6.07, 6.45) is 0. The van der Waals surface area contributed by atoms with Crippen molar-refractivity contribution in [3.8, 4) is 23.2 Å². The Labute approximate surface area is 122 Å². The van der Waals surface area contributed by atoms with Gasteiger partial charge in [-0.25, -0.2) is 0 Å². The van der Waals surface area contributed by atoms with E-state index in [0.717, 1.165) is 0 Å². The summed E-state index contributed by atoms with van der Waals surface area (Å²) in [5.74, 6) is 0.175. The molecule has 106 valence electrons. The number of nitrogens with zero attached hydrogens (tertiary/aromatic N) is 4. The summed E-state index contributed by atoms with van der Waals surface area (Å²) < 4.78 is 4.97. The monoisotopic (exact) mass is 282 g/mol. The number of hydrogen-bond acceptors (Lipinski definition) is 5. The standard InChI is InChI=1S/C15H14N4O2/c1-19(10-9-16)15(20)12-6-4-3-5-11(12)13-7-8-14(21-2)18-17-13/h3-8H,10H2,1-2H3. The molecular formula is C15H14N4O2. The van der Waals surface area contributed by atoms with Gasteiger partial charge in [0.05, 0.1) is 18.9 Å². The third kappa shape index (κ3) is 3.15. The number of hydrogen-bond donors (Lipinski definition) is 0. The second-order valence-corrected chi connectivity index (χ2v) is 4.33. The van der Waals surface area contributed by atoms with Crippen LogP contribution < -0.4 is 4.74 Å². The molecule has 1 heterocycles. The highest BCUT2D eigenvalue weighted by Gasteiger charge is 2.17. The van der Waals surface area contributed by atoms with E-state index in [1.807, 2.05) is 12.1 Å². The van der Waals surface area contributed by atoms with Crippen molar-refractivity contribution in [3.05, 3.63) is 42.0 Å². The Morgan fingerprint density at radius 1 is 1.29 bits per heavy atom. The summed E-state index contributed by atoms with van der Waals surface area (Å²) in [4.78, 5) is 13.7. The van der Waals surface area contributed by atoms with Crippen molar-refractivity contribution >= 4 is 5.91 Å². The van der Waals surface area contributed by atoms with Crippen LogP contribution >= 0.6 is 0 Å². The van der Waals surface area contributed by atoms with Gasteiger partial charge in [-0.15, -0.1) is 10.2 Å². The summed E-state index contributed by atoms with van der Waals surface area (Å²) in [7, 11) is 3.10. The quantitative estimate of drug-likeness (QED) is 0.798. The Hall–Kier alpha value is -2.94. The van der Waals surface area contributed by atoms with E-state index in [-0.39, 0.29) is 12.5 Å². The Kier molecular flexibility index (Phi) is 4.46. The highest BCUT2D eigenvalue weighted by atomic mass is 16.5. The fraction of sp³-hybridized carbons (Fsp3) is 0.200. The van der Waals surface area contributed by atoms with Crippen LogP contribution in [0.1, 0.15) is 10.4 Å². The van der Waals surface area contributed by atoms with Crippen LogP contribution in [0.5, 0.6) is 5.88 Å². The van der Waals surface area contributed by atoms with Gasteiger partial charge in [-0.1, -0.05) is 18.2 Å². The van der Waals surface area contributed by atoms with Crippen molar-refractivity contribution in [1.82, 2.24) is 15.1 Å². The van der Waals surface area contributed by atoms with E-state index in [2.05, 4.69) is 10.2 Å². The van der Waals surface area contributed by atoms with Gasteiger partial charge in [-0.3, -0.25) is 4.79 Å². The number of nitriles is 1. The summed E-state index contributed by atoms with van der Waals surface area (Å²) >= 11 is 0. The molecule has 0 aliphatic carbocycles. The molecule has 0 aliphatic rings. The molecule has 1 aromatic heterocycles. The van der Waals surface area contributed by atoms with Gasteiger partial charge in [0.1, 0.15) is 6.54 Å². The molecule has 0 atom stereocenters. The molecule has 2 rings (SSSR count). The number of rotatable bonds is 4. The molecule has 1 aromatic carbocycles. The van der Waals surface area contributed by atoms with E-state index in [0.29, 0.717) is 22.7 Å². The molecule has 0 radical (unpaired) electrons. The molecule has 21 heavy (non-hydrogen) atoms. The minimum absolute atomic E-state index is 0.0292. The van der Waals surface area contributed by atoms with Gasteiger partial charge in [0.15, 0.2) is 0 Å². The van der Waals surface area contributed by atoms with E-state index >= 15 is 0 Å². The van der Waals surface area contributed by atoms with E-state index in [1.54, 1.807) is 37.4 Å². The number of aromatic nitrogens is 2. The van der Waals surface area contributed by atoms with Crippen LogP contribution in [-0.2, 0) is 0 Å². The fourth-order valence-corrected chi connectivity index (χ4v) is 1.85. The highest BCUT2D eigenvalue weighted by molar-refractivity contribution is 6.00. The van der Waals surface area contributed by atoms with Crippen molar-refractivity contribution in [2.24, 2.45) is 0 Å². The predicted molar refractivity (Wildman–Crippen MR) is 76.6 cm³/mol. The fourth-order valence-electron chi connectivity index (χ4n) is 1.85. The van der Waals surface area contributed by atoms with Crippen molar-refractivity contribution in [2.45, 2.75) is 0 Å². The number of carbonyl (C=O) groups excluding carboxylic acids is 1. The van der Waals surface area contributed by atoms with E-state index in [1.165, 1.54) is 12.0 Å². The number of amides is 1. The molecule has 0 fully saturated rings. The van der Waals surface area contributed by atoms with Crippen molar-refractivity contribution < 1.29 is 9.53 Å². The number of carbonyl (C=O) groups is 1. The molecule has 1 amide bonds. The van der Waals surface area contributed by atoms with E-state index in [4.69, 9.17) is 10.00 Å². The van der Waals surface area contributed by atoms with E-state index in [9.17, 15) is 4.79 Å². The molecule has 6 heteroatoms. The second-order valence-electron chi connectivity index (χ2n) is 4.33. The van der Waals surface area contributed by atoms with Gasteiger partial charge in [0.25, 0.3) is 5.91 Å². The van der Waals surface area contributed by atoms with Crippen LogP contribution in [0.15, 0.2) is 36.4 Å². The smallest absolute Gasteiger partial charge is 0.255 e. The van der Waals surface area contributed by atoms with Gasteiger partial charge in [0.2, 0.25) is 5.88 Å². The SMILES string of the molecule is COc1ccc(-c2ccccc2C(=O)N(C)CC#N)nn1. The first-order chi connectivity index (χ1) is 10.2. The largest absolute Gasteiger partial charge is 0.480 e. The molecule has 0 saturated carbocycles. The lowest BCUT2D eigenvalue weighted by Gasteiger charge is -2.15. The number of benzene rings is 1. The van der Waals surface area contributed by atoms with Crippen LogP contribution in [0.3, 0.4) is 0 Å². The molecule has 0 saturated heterocycles. The third-order valence-corrected chi connectivity index (χ3v) is 2.94. The van der Waals surface area contributed by atoms with Crippen LogP contribution in [0.4, 0.5) is 0 Å². The van der Waals surface area contributed by atoms with Crippen molar-refractivity contribution in [1.29, 1.82) is 5.26 Å². The number of ether oxygens (including phenoxy) is 1. The molecule has 0 spiro atoms. The highest BCUT2D eigenvalue weighted by Crippen LogP contribution is 2.23. The lowest BCUT2D eigenvalue weighted by Crippen LogP contribution is -2.27. The zero-order valence-corrected chi connectivity index (χ0v) is 11.8. The van der Waals surface area contributed by atoms with Crippen molar-refractivity contribution in [3.63, 3.8) is 0 Å². The van der Waals surface area contributed by atoms with Gasteiger partial charge >= 0.3 is 0 Å². The Morgan fingerprint density at radius 2 is 2.05 bits per heavy atom. The molecule has 0 N–H and O–H groups in total. The Balaban J connectivity index is 2.40. The minimum Gasteiger partial charge on any atom is -0.480 e. The minimum atomic E-state index is -0.232. The zero-order valence-electron chi connectivity index (χ0n) is 11.8. The van der Waals surface area contributed by atoms with Gasteiger partial charge in [-0.2, -0.15) is 5.26 Å². The summed E-state index contributed by atoms with van der Waals surface area (Å²) in [5.41, 5.74) is 1.72.